The van der Waals surface area contributed by atoms with Gasteiger partial charge in [0.15, 0.2) is 5.96 Å². The molecule has 27 heavy (non-hydrogen) atoms. The highest BCUT2D eigenvalue weighted by molar-refractivity contribution is 7.11. The summed E-state index contributed by atoms with van der Waals surface area (Å²) in [5.74, 6) is 0.687. The summed E-state index contributed by atoms with van der Waals surface area (Å²) in [5, 5.41) is 18.8. The van der Waals surface area contributed by atoms with Gasteiger partial charge in [-0.2, -0.15) is 0 Å². The standard InChI is InChI=1S/C20H28N4O2S/c1-3-17-9-10-18(27-17)14-24-20(21-4-2)23-12-6-11-22-19(26)15-7-5-8-16(25)13-15/h5,7-10,13,25H,3-4,6,11-12,14H2,1-2H3,(H,22,26)(H2,21,23,24). The maximum atomic E-state index is 12.0. The van der Waals surface area contributed by atoms with Gasteiger partial charge >= 0.3 is 0 Å². The number of aromatic hydroxyl groups is 1. The quantitative estimate of drug-likeness (QED) is 0.302. The van der Waals surface area contributed by atoms with Crippen molar-refractivity contribution in [3.05, 3.63) is 51.7 Å². The molecule has 4 N–H and O–H groups in total. The van der Waals surface area contributed by atoms with E-state index >= 15 is 0 Å². The number of nitrogens with one attached hydrogen (secondary N) is 3. The Balaban J connectivity index is 1.72. The summed E-state index contributed by atoms with van der Waals surface area (Å²) in [4.78, 5) is 19.2. The van der Waals surface area contributed by atoms with E-state index in [9.17, 15) is 9.90 Å². The van der Waals surface area contributed by atoms with Gasteiger partial charge in [0.05, 0.1) is 6.54 Å². The molecule has 1 aromatic heterocycles. The van der Waals surface area contributed by atoms with Gasteiger partial charge in [-0.1, -0.05) is 13.0 Å². The smallest absolute Gasteiger partial charge is 0.251 e. The molecule has 1 aromatic carbocycles. The van der Waals surface area contributed by atoms with E-state index in [4.69, 9.17) is 0 Å². The van der Waals surface area contributed by atoms with Crippen LogP contribution in [0.3, 0.4) is 0 Å². The first-order chi connectivity index (χ1) is 13.1. The normalized spacial score (nSPS) is 11.3. The molecule has 0 aliphatic rings. The van der Waals surface area contributed by atoms with Crippen LogP contribution in [0.1, 0.15) is 40.4 Å². The molecule has 0 radical (unpaired) electrons. The summed E-state index contributed by atoms with van der Waals surface area (Å²) in [6, 6.07) is 10.6. The van der Waals surface area contributed by atoms with Crippen molar-refractivity contribution in [3.63, 3.8) is 0 Å². The number of aliphatic imine (C=N–C) groups is 1. The first kappa shape index (κ1) is 20.8. The molecule has 7 heteroatoms. The van der Waals surface area contributed by atoms with Gasteiger partial charge in [-0.3, -0.25) is 4.79 Å². The van der Waals surface area contributed by atoms with E-state index in [1.54, 1.807) is 29.5 Å². The predicted octanol–water partition coefficient (Wildman–Crippen LogP) is 2.89. The second-order valence-electron chi connectivity index (χ2n) is 6.00. The van der Waals surface area contributed by atoms with E-state index in [-0.39, 0.29) is 11.7 Å². The zero-order valence-electron chi connectivity index (χ0n) is 15.9. The van der Waals surface area contributed by atoms with Crippen LogP contribution in [0, 0.1) is 0 Å². The molecule has 0 atom stereocenters. The van der Waals surface area contributed by atoms with Gasteiger partial charge in [0.1, 0.15) is 5.75 Å². The molecular weight excluding hydrogens is 360 g/mol. The van der Waals surface area contributed by atoms with Crippen molar-refractivity contribution in [3.8, 4) is 5.75 Å². The van der Waals surface area contributed by atoms with E-state index in [0.717, 1.165) is 25.3 Å². The number of rotatable bonds is 9. The lowest BCUT2D eigenvalue weighted by molar-refractivity contribution is 0.0953. The second kappa shape index (κ2) is 11.2. The van der Waals surface area contributed by atoms with Gasteiger partial charge < -0.3 is 21.1 Å². The number of phenolic OH excluding ortho intramolecular Hbond substituents is 1. The molecule has 2 aromatic rings. The largest absolute Gasteiger partial charge is 0.508 e. The molecule has 146 valence electrons. The van der Waals surface area contributed by atoms with Crippen molar-refractivity contribution in [2.45, 2.75) is 33.2 Å². The van der Waals surface area contributed by atoms with Gasteiger partial charge in [0.25, 0.3) is 5.91 Å². The first-order valence-electron chi connectivity index (χ1n) is 9.29. The van der Waals surface area contributed by atoms with E-state index < -0.39 is 0 Å². The second-order valence-corrected chi connectivity index (χ2v) is 7.26. The Morgan fingerprint density at radius 1 is 1.07 bits per heavy atom. The number of carbonyl (C=O) groups is 1. The van der Waals surface area contributed by atoms with E-state index in [1.165, 1.54) is 15.8 Å². The van der Waals surface area contributed by atoms with Gasteiger partial charge in [-0.05, 0) is 50.1 Å². The highest BCUT2D eigenvalue weighted by atomic mass is 32.1. The minimum atomic E-state index is -0.184. The molecule has 1 heterocycles. The molecule has 0 bridgehead atoms. The fraction of sp³-hybridized carbons (Fsp3) is 0.400. The molecule has 0 aliphatic carbocycles. The Hall–Kier alpha value is -2.54. The van der Waals surface area contributed by atoms with Crippen LogP contribution >= 0.6 is 11.3 Å². The number of benzene rings is 1. The summed E-state index contributed by atoms with van der Waals surface area (Å²) < 4.78 is 0. The third-order valence-corrected chi connectivity index (χ3v) is 5.06. The highest BCUT2D eigenvalue weighted by Gasteiger charge is 2.05. The number of hydrogen-bond acceptors (Lipinski definition) is 4. The molecule has 0 saturated heterocycles. The maximum Gasteiger partial charge on any atom is 0.251 e. The number of amides is 1. The SMILES string of the molecule is CCNC(=NCc1ccc(CC)s1)NCCCNC(=O)c1cccc(O)c1. The van der Waals surface area contributed by atoms with Crippen LogP contribution in [-0.4, -0.2) is 36.6 Å². The fourth-order valence-electron chi connectivity index (χ4n) is 2.44. The summed E-state index contributed by atoms with van der Waals surface area (Å²) in [6.45, 7) is 6.90. The lowest BCUT2D eigenvalue weighted by Crippen LogP contribution is -2.38. The zero-order chi connectivity index (χ0) is 19.5. The Bertz CT molecular complexity index is 758. The molecular formula is C20H28N4O2S. The number of thiophene rings is 1. The average Bonchev–Trinajstić information content (AvgIpc) is 3.13. The molecule has 0 aliphatic heterocycles. The number of phenols is 1. The Labute approximate surface area is 164 Å². The van der Waals surface area contributed by atoms with Crippen LogP contribution in [-0.2, 0) is 13.0 Å². The third-order valence-electron chi connectivity index (χ3n) is 3.84. The minimum Gasteiger partial charge on any atom is -0.508 e. The van der Waals surface area contributed by atoms with Crippen LogP contribution in [0.5, 0.6) is 5.75 Å². The van der Waals surface area contributed by atoms with Crippen LogP contribution in [0.4, 0.5) is 0 Å². The topological polar surface area (TPSA) is 85.8 Å². The summed E-state index contributed by atoms with van der Waals surface area (Å²) in [5.41, 5.74) is 0.459. The van der Waals surface area contributed by atoms with Crippen LogP contribution in [0.25, 0.3) is 0 Å². The van der Waals surface area contributed by atoms with Crippen molar-refractivity contribution in [2.24, 2.45) is 4.99 Å². The van der Waals surface area contributed by atoms with Gasteiger partial charge in [0.2, 0.25) is 0 Å². The van der Waals surface area contributed by atoms with E-state index in [2.05, 4.69) is 40.0 Å². The van der Waals surface area contributed by atoms with Crippen molar-refractivity contribution < 1.29 is 9.90 Å². The van der Waals surface area contributed by atoms with Gasteiger partial charge in [0, 0.05) is 35.0 Å². The van der Waals surface area contributed by atoms with E-state index in [0.29, 0.717) is 25.2 Å². The molecule has 0 spiro atoms. The van der Waals surface area contributed by atoms with Crippen molar-refractivity contribution in [1.29, 1.82) is 0 Å². The molecule has 6 nitrogen and oxygen atoms in total. The Morgan fingerprint density at radius 3 is 2.56 bits per heavy atom. The van der Waals surface area contributed by atoms with Crippen LogP contribution in [0.2, 0.25) is 0 Å². The predicted molar refractivity (Wildman–Crippen MR) is 112 cm³/mol. The first-order valence-corrected chi connectivity index (χ1v) is 10.1. The number of hydrogen-bond donors (Lipinski definition) is 4. The highest BCUT2D eigenvalue weighted by Crippen LogP contribution is 2.17. The van der Waals surface area contributed by atoms with Crippen molar-refractivity contribution in [2.75, 3.05) is 19.6 Å². The molecule has 1 amide bonds. The molecule has 0 unspecified atom stereocenters. The monoisotopic (exact) mass is 388 g/mol. The van der Waals surface area contributed by atoms with Gasteiger partial charge in [-0.15, -0.1) is 11.3 Å². The van der Waals surface area contributed by atoms with E-state index in [1.807, 2.05) is 6.92 Å². The fourth-order valence-corrected chi connectivity index (χ4v) is 3.32. The summed E-state index contributed by atoms with van der Waals surface area (Å²) in [6.07, 6.45) is 1.83. The number of guanidine groups is 1. The summed E-state index contributed by atoms with van der Waals surface area (Å²) >= 11 is 1.80. The van der Waals surface area contributed by atoms with Crippen LogP contribution < -0.4 is 16.0 Å². The minimum absolute atomic E-state index is 0.0904. The lowest BCUT2D eigenvalue weighted by atomic mass is 10.2. The molecule has 2 rings (SSSR count). The molecule has 0 saturated carbocycles. The zero-order valence-corrected chi connectivity index (χ0v) is 16.7. The molecule has 0 fully saturated rings. The van der Waals surface area contributed by atoms with Crippen LogP contribution in [0.15, 0.2) is 41.4 Å². The lowest BCUT2D eigenvalue weighted by Gasteiger charge is -2.11. The van der Waals surface area contributed by atoms with Crippen molar-refractivity contribution >= 4 is 23.2 Å². The Morgan fingerprint density at radius 2 is 1.85 bits per heavy atom. The van der Waals surface area contributed by atoms with Crippen molar-refractivity contribution in [1.82, 2.24) is 16.0 Å². The number of carbonyl (C=O) groups excluding carboxylic acids is 1. The maximum absolute atomic E-state index is 12.0. The summed E-state index contributed by atoms with van der Waals surface area (Å²) in [7, 11) is 0. The number of aryl methyl sites for hydroxylation is 1. The average molecular weight is 389 g/mol. The van der Waals surface area contributed by atoms with Gasteiger partial charge in [-0.25, -0.2) is 4.99 Å². The third kappa shape index (κ3) is 7.30. The number of nitrogens with zero attached hydrogens (tertiary/aromatic N) is 1. The Kier molecular flexibility index (Phi) is 8.64.